The van der Waals surface area contributed by atoms with Crippen LogP contribution in [0.3, 0.4) is 0 Å². The smallest absolute Gasteiger partial charge is 0.312 e. The lowest BCUT2D eigenvalue weighted by Gasteiger charge is -2.34. The molecular formula is C16H24O4. The van der Waals surface area contributed by atoms with Crippen LogP contribution in [0.25, 0.3) is 0 Å². The second kappa shape index (κ2) is 6.75. The van der Waals surface area contributed by atoms with Gasteiger partial charge in [0, 0.05) is 0 Å². The fraction of sp³-hybridized carbons (Fsp3) is 0.562. The predicted octanol–water partition coefficient (Wildman–Crippen LogP) is 2.74. The monoisotopic (exact) mass is 280 g/mol. The van der Waals surface area contributed by atoms with E-state index in [4.69, 9.17) is 9.47 Å². The van der Waals surface area contributed by atoms with Gasteiger partial charge in [-0.15, -0.1) is 0 Å². The average Bonchev–Trinajstić information content (AvgIpc) is 2.39. The molecule has 0 spiro atoms. The molecule has 2 atom stereocenters. The number of rotatable bonds is 6. The van der Waals surface area contributed by atoms with Gasteiger partial charge in [-0.2, -0.15) is 0 Å². The zero-order valence-electron chi connectivity index (χ0n) is 12.8. The minimum absolute atomic E-state index is 0.0379. The summed E-state index contributed by atoms with van der Waals surface area (Å²) in [5.74, 6) is -0.320. The number of methoxy groups -OCH3 is 1. The van der Waals surface area contributed by atoms with Crippen molar-refractivity contribution in [3.63, 3.8) is 0 Å². The van der Waals surface area contributed by atoms with Gasteiger partial charge in [-0.1, -0.05) is 26.0 Å². The lowest BCUT2D eigenvalue weighted by atomic mass is 9.76. The van der Waals surface area contributed by atoms with Crippen molar-refractivity contribution in [2.75, 3.05) is 13.7 Å². The van der Waals surface area contributed by atoms with Gasteiger partial charge in [-0.3, -0.25) is 4.79 Å². The summed E-state index contributed by atoms with van der Waals surface area (Å²) in [6.07, 6.45) is 0. The molecule has 0 amide bonds. The Hall–Kier alpha value is -1.55. The van der Waals surface area contributed by atoms with E-state index in [1.807, 2.05) is 20.8 Å². The van der Waals surface area contributed by atoms with Crippen LogP contribution in [0.4, 0.5) is 0 Å². The number of hydrogen-bond donors (Lipinski definition) is 1. The highest BCUT2D eigenvalue weighted by molar-refractivity contribution is 5.74. The molecule has 1 aromatic rings. The van der Waals surface area contributed by atoms with Gasteiger partial charge in [-0.25, -0.2) is 0 Å². The van der Waals surface area contributed by atoms with Crippen molar-refractivity contribution in [2.24, 2.45) is 11.8 Å². The van der Waals surface area contributed by atoms with Crippen LogP contribution in [-0.4, -0.2) is 24.8 Å². The van der Waals surface area contributed by atoms with Crippen LogP contribution in [-0.2, 0) is 15.1 Å². The Morgan fingerprint density at radius 1 is 1.30 bits per heavy atom. The first kappa shape index (κ1) is 16.5. The Morgan fingerprint density at radius 3 is 2.25 bits per heavy atom. The third-order valence-electron chi connectivity index (χ3n) is 3.48. The molecule has 0 radical (unpaired) electrons. The standard InChI is InChI=1S/C16H24O4/c1-6-20-13-9-7-12(8-10-13)16(4,18)14(11(2)3)15(17)19-5/h7-11,14,18H,6H2,1-5H3. The summed E-state index contributed by atoms with van der Waals surface area (Å²) in [6, 6.07) is 7.15. The summed E-state index contributed by atoms with van der Waals surface area (Å²) in [5, 5.41) is 10.8. The molecule has 0 aromatic heterocycles. The quantitative estimate of drug-likeness (QED) is 0.814. The summed E-state index contributed by atoms with van der Waals surface area (Å²) in [5.41, 5.74) is -0.614. The third-order valence-corrected chi connectivity index (χ3v) is 3.48. The molecule has 1 N–H and O–H groups in total. The minimum Gasteiger partial charge on any atom is -0.494 e. The van der Waals surface area contributed by atoms with Crippen LogP contribution < -0.4 is 4.74 Å². The second-order valence-electron chi connectivity index (χ2n) is 5.35. The van der Waals surface area contributed by atoms with E-state index in [2.05, 4.69) is 0 Å². The second-order valence-corrected chi connectivity index (χ2v) is 5.35. The van der Waals surface area contributed by atoms with E-state index < -0.39 is 17.5 Å². The molecule has 0 aliphatic carbocycles. The highest BCUT2D eigenvalue weighted by Crippen LogP contribution is 2.35. The van der Waals surface area contributed by atoms with Crippen molar-refractivity contribution >= 4 is 5.97 Å². The summed E-state index contributed by atoms with van der Waals surface area (Å²) in [4.78, 5) is 11.9. The van der Waals surface area contributed by atoms with E-state index >= 15 is 0 Å². The maximum atomic E-state index is 11.9. The van der Waals surface area contributed by atoms with Crippen LogP contribution >= 0.6 is 0 Å². The van der Waals surface area contributed by atoms with Crippen LogP contribution in [0, 0.1) is 11.8 Å². The lowest BCUT2D eigenvalue weighted by molar-refractivity contribution is -0.159. The maximum absolute atomic E-state index is 11.9. The molecule has 20 heavy (non-hydrogen) atoms. The van der Waals surface area contributed by atoms with Crippen molar-refractivity contribution in [3.05, 3.63) is 29.8 Å². The molecule has 0 fully saturated rings. The topological polar surface area (TPSA) is 55.8 Å². The zero-order valence-corrected chi connectivity index (χ0v) is 12.8. The van der Waals surface area contributed by atoms with Crippen molar-refractivity contribution < 1.29 is 19.4 Å². The first-order valence-electron chi connectivity index (χ1n) is 6.88. The van der Waals surface area contributed by atoms with Crippen molar-refractivity contribution in [1.82, 2.24) is 0 Å². The Bertz CT molecular complexity index is 434. The molecule has 1 rings (SSSR count). The van der Waals surface area contributed by atoms with Crippen LogP contribution in [0.5, 0.6) is 5.75 Å². The fourth-order valence-corrected chi connectivity index (χ4v) is 2.51. The average molecular weight is 280 g/mol. The summed E-state index contributed by atoms with van der Waals surface area (Å²) >= 11 is 0. The van der Waals surface area contributed by atoms with E-state index in [1.165, 1.54) is 7.11 Å². The summed E-state index contributed by atoms with van der Waals surface area (Å²) in [6.45, 7) is 7.93. The van der Waals surface area contributed by atoms with Gasteiger partial charge in [0.2, 0.25) is 0 Å². The Kier molecular flexibility index (Phi) is 5.57. The minimum atomic E-state index is -1.29. The maximum Gasteiger partial charge on any atom is 0.312 e. The Labute approximate surface area is 120 Å². The third kappa shape index (κ3) is 3.51. The molecule has 0 bridgehead atoms. The number of hydrogen-bond acceptors (Lipinski definition) is 4. The van der Waals surface area contributed by atoms with Gasteiger partial charge >= 0.3 is 5.97 Å². The number of aliphatic hydroxyl groups is 1. The molecule has 0 saturated carbocycles. The Morgan fingerprint density at radius 2 is 1.85 bits per heavy atom. The van der Waals surface area contributed by atoms with E-state index in [9.17, 15) is 9.90 Å². The highest BCUT2D eigenvalue weighted by atomic mass is 16.5. The summed E-state index contributed by atoms with van der Waals surface area (Å²) in [7, 11) is 1.34. The van der Waals surface area contributed by atoms with Crippen molar-refractivity contribution in [2.45, 2.75) is 33.3 Å². The SMILES string of the molecule is CCOc1ccc(C(C)(O)C(C(=O)OC)C(C)C)cc1. The molecule has 0 aliphatic rings. The molecule has 112 valence electrons. The van der Waals surface area contributed by atoms with Gasteiger partial charge in [-0.05, 0) is 37.5 Å². The van der Waals surface area contributed by atoms with Gasteiger partial charge in [0.1, 0.15) is 11.4 Å². The summed E-state index contributed by atoms with van der Waals surface area (Å²) < 4.78 is 10.2. The lowest BCUT2D eigenvalue weighted by Crippen LogP contribution is -2.41. The number of ether oxygens (including phenoxy) is 2. The molecule has 0 heterocycles. The molecule has 1 aromatic carbocycles. The largest absolute Gasteiger partial charge is 0.494 e. The normalized spacial score (nSPS) is 15.6. The van der Waals surface area contributed by atoms with Crippen molar-refractivity contribution in [1.29, 1.82) is 0 Å². The zero-order chi connectivity index (χ0) is 15.3. The number of carbonyl (C=O) groups excluding carboxylic acids is 1. The number of esters is 1. The fourth-order valence-electron chi connectivity index (χ4n) is 2.51. The van der Waals surface area contributed by atoms with Crippen LogP contribution in [0.15, 0.2) is 24.3 Å². The highest BCUT2D eigenvalue weighted by Gasteiger charge is 2.41. The molecule has 4 heteroatoms. The van der Waals surface area contributed by atoms with Gasteiger partial charge in [0.15, 0.2) is 0 Å². The van der Waals surface area contributed by atoms with Gasteiger partial charge < -0.3 is 14.6 Å². The van der Waals surface area contributed by atoms with E-state index in [-0.39, 0.29) is 5.92 Å². The first-order chi connectivity index (χ1) is 9.34. The first-order valence-corrected chi connectivity index (χ1v) is 6.88. The molecule has 4 nitrogen and oxygen atoms in total. The van der Waals surface area contributed by atoms with Crippen LogP contribution in [0.1, 0.15) is 33.3 Å². The molecule has 0 aliphatic heterocycles. The van der Waals surface area contributed by atoms with E-state index in [0.717, 1.165) is 5.75 Å². The number of benzene rings is 1. The van der Waals surface area contributed by atoms with Gasteiger partial charge in [0.05, 0.1) is 19.6 Å². The number of carbonyl (C=O) groups is 1. The van der Waals surface area contributed by atoms with Crippen LogP contribution in [0.2, 0.25) is 0 Å². The van der Waals surface area contributed by atoms with Crippen molar-refractivity contribution in [3.8, 4) is 5.75 Å². The predicted molar refractivity (Wildman–Crippen MR) is 77.5 cm³/mol. The molecular weight excluding hydrogens is 256 g/mol. The Balaban J connectivity index is 3.08. The van der Waals surface area contributed by atoms with E-state index in [1.54, 1.807) is 31.2 Å². The molecule has 0 saturated heterocycles. The molecule has 2 unspecified atom stereocenters. The van der Waals surface area contributed by atoms with E-state index in [0.29, 0.717) is 12.2 Å². The van der Waals surface area contributed by atoms with Gasteiger partial charge in [0.25, 0.3) is 0 Å².